The Kier molecular flexibility index (Phi) is 5.93. The van der Waals surface area contributed by atoms with Crippen LogP contribution in [0, 0.1) is 0 Å². The summed E-state index contributed by atoms with van der Waals surface area (Å²) in [6.07, 6.45) is 1.27. The summed E-state index contributed by atoms with van der Waals surface area (Å²) < 4.78 is 5.35. The van der Waals surface area contributed by atoms with Gasteiger partial charge in [0.1, 0.15) is 5.69 Å². The topological polar surface area (TPSA) is 91.8 Å². The smallest absolute Gasteiger partial charge is 0.354 e. The molecule has 0 unspecified atom stereocenters. The molecule has 2 N–H and O–H groups in total. The van der Waals surface area contributed by atoms with Crippen LogP contribution in [0.1, 0.15) is 32.0 Å². The van der Waals surface area contributed by atoms with Gasteiger partial charge in [0.2, 0.25) is 0 Å². The van der Waals surface area contributed by atoms with E-state index in [-0.39, 0.29) is 11.6 Å². The van der Waals surface area contributed by atoms with Gasteiger partial charge in [0.15, 0.2) is 0 Å². The average Bonchev–Trinajstić information content (AvgIpc) is 2.68. The number of nitrogens with one attached hydrogen (secondary N) is 1. The maximum Gasteiger partial charge on any atom is 0.354 e. The highest BCUT2D eigenvalue weighted by molar-refractivity contribution is 5.94. The average molecular weight is 355 g/mol. The molecule has 0 spiro atoms. The van der Waals surface area contributed by atoms with Gasteiger partial charge in [-0.15, -0.1) is 0 Å². The number of carboxylic acids is 1. The number of carbonyl (C=O) groups excluding carboxylic acids is 1. The number of nitrogens with zero attached hydrogens (tertiary/aromatic N) is 2. The number of ether oxygens (including phenoxy) is 1. The van der Waals surface area contributed by atoms with E-state index in [1.807, 2.05) is 12.1 Å². The second-order valence-corrected chi connectivity index (χ2v) is 6.12. The number of carboxylic acid groups (broad SMARTS) is 1. The Morgan fingerprint density at radius 1 is 1.08 bits per heavy atom. The summed E-state index contributed by atoms with van der Waals surface area (Å²) in [5.41, 5.74) is 2.48. The van der Waals surface area contributed by atoms with E-state index < -0.39 is 5.97 Å². The third-order valence-electron chi connectivity index (χ3n) is 4.23. The molecule has 1 amide bonds. The van der Waals surface area contributed by atoms with E-state index in [1.54, 1.807) is 0 Å². The molecule has 1 aliphatic heterocycles. The summed E-state index contributed by atoms with van der Waals surface area (Å²) >= 11 is 0. The molecule has 2 aromatic rings. The number of aromatic carboxylic acids is 1. The first-order valence-electron chi connectivity index (χ1n) is 8.47. The quantitative estimate of drug-likeness (QED) is 0.817. The summed E-state index contributed by atoms with van der Waals surface area (Å²) in [5, 5.41) is 11.6. The number of amides is 1. The number of pyridine rings is 1. The van der Waals surface area contributed by atoms with Gasteiger partial charge in [0.05, 0.1) is 18.8 Å². The zero-order valence-corrected chi connectivity index (χ0v) is 14.4. The molecule has 0 saturated carbocycles. The minimum atomic E-state index is -1.12. The van der Waals surface area contributed by atoms with Crippen molar-refractivity contribution in [2.45, 2.75) is 13.1 Å². The Balaban J connectivity index is 1.50. The fourth-order valence-corrected chi connectivity index (χ4v) is 2.72. The molecule has 0 aliphatic carbocycles. The summed E-state index contributed by atoms with van der Waals surface area (Å²) in [6, 6.07) is 10.9. The molecule has 3 rings (SSSR count). The number of aromatic nitrogens is 1. The van der Waals surface area contributed by atoms with Gasteiger partial charge < -0.3 is 15.2 Å². The van der Waals surface area contributed by atoms with Crippen molar-refractivity contribution in [3.05, 3.63) is 65.0 Å². The van der Waals surface area contributed by atoms with Crippen LogP contribution in [-0.4, -0.2) is 53.2 Å². The SMILES string of the molecule is O=C(NCc1ccc(CN2CCOCC2)cc1)c1ccc(C(=O)O)nc1. The highest BCUT2D eigenvalue weighted by atomic mass is 16.5. The van der Waals surface area contributed by atoms with Crippen LogP contribution >= 0.6 is 0 Å². The van der Waals surface area contributed by atoms with Crippen molar-refractivity contribution in [1.82, 2.24) is 15.2 Å². The Labute approximate surface area is 151 Å². The van der Waals surface area contributed by atoms with Crippen LogP contribution in [0.25, 0.3) is 0 Å². The first-order chi connectivity index (χ1) is 12.6. The van der Waals surface area contributed by atoms with Crippen LogP contribution in [0.15, 0.2) is 42.6 Å². The summed E-state index contributed by atoms with van der Waals surface area (Å²) in [7, 11) is 0. The molecule has 0 bridgehead atoms. The van der Waals surface area contributed by atoms with E-state index in [9.17, 15) is 9.59 Å². The third-order valence-corrected chi connectivity index (χ3v) is 4.23. The third kappa shape index (κ3) is 4.87. The van der Waals surface area contributed by atoms with E-state index in [0.29, 0.717) is 12.1 Å². The summed E-state index contributed by atoms with van der Waals surface area (Å²) in [4.78, 5) is 29.0. The lowest BCUT2D eigenvalue weighted by molar-refractivity contribution is 0.0342. The van der Waals surface area contributed by atoms with Crippen LogP contribution in [0.2, 0.25) is 0 Å². The fraction of sp³-hybridized carbons (Fsp3) is 0.316. The molecular weight excluding hydrogens is 334 g/mol. The maximum atomic E-state index is 12.1. The van der Waals surface area contributed by atoms with Gasteiger partial charge in [-0.3, -0.25) is 9.69 Å². The lowest BCUT2D eigenvalue weighted by Gasteiger charge is -2.26. The molecule has 1 aromatic heterocycles. The Bertz CT molecular complexity index is 753. The second-order valence-electron chi connectivity index (χ2n) is 6.12. The molecule has 2 heterocycles. The molecule has 26 heavy (non-hydrogen) atoms. The highest BCUT2D eigenvalue weighted by Crippen LogP contribution is 2.09. The minimum Gasteiger partial charge on any atom is -0.477 e. The molecule has 1 aliphatic rings. The lowest BCUT2D eigenvalue weighted by atomic mass is 10.1. The van der Waals surface area contributed by atoms with E-state index in [1.165, 1.54) is 23.9 Å². The molecular formula is C19H21N3O4. The standard InChI is InChI=1S/C19H21N3O4/c23-18(16-5-6-17(19(24)25)20-12-16)21-11-14-1-3-15(4-2-14)13-22-7-9-26-10-8-22/h1-6,12H,7-11,13H2,(H,21,23)(H,24,25). The van der Waals surface area contributed by atoms with Gasteiger partial charge in [-0.05, 0) is 23.3 Å². The number of rotatable bonds is 6. The van der Waals surface area contributed by atoms with Crippen molar-refractivity contribution in [3.63, 3.8) is 0 Å². The number of benzene rings is 1. The Morgan fingerprint density at radius 3 is 2.38 bits per heavy atom. The molecule has 136 valence electrons. The molecule has 0 radical (unpaired) electrons. The normalized spacial score (nSPS) is 14.8. The predicted molar refractivity (Wildman–Crippen MR) is 94.9 cm³/mol. The van der Waals surface area contributed by atoms with E-state index >= 15 is 0 Å². The molecule has 1 saturated heterocycles. The molecule has 1 aromatic carbocycles. The molecule has 0 atom stereocenters. The Morgan fingerprint density at radius 2 is 1.77 bits per heavy atom. The van der Waals surface area contributed by atoms with Crippen LogP contribution in [-0.2, 0) is 17.8 Å². The summed E-state index contributed by atoms with van der Waals surface area (Å²) in [5.74, 6) is -1.40. The first-order valence-corrected chi connectivity index (χ1v) is 8.47. The van der Waals surface area contributed by atoms with Gasteiger partial charge in [-0.25, -0.2) is 9.78 Å². The maximum absolute atomic E-state index is 12.1. The van der Waals surface area contributed by atoms with Crippen LogP contribution in [0.4, 0.5) is 0 Å². The van der Waals surface area contributed by atoms with Gasteiger partial charge >= 0.3 is 5.97 Å². The predicted octanol–water partition coefficient (Wildman–Crippen LogP) is 1.54. The number of hydrogen-bond acceptors (Lipinski definition) is 5. The van der Waals surface area contributed by atoms with Crippen molar-refractivity contribution in [2.24, 2.45) is 0 Å². The number of morpholine rings is 1. The fourth-order valence-electron chi connectivity index (χ4n) is 2.72. The lowest BCUT2D eigenvalue weighted by Crippen LogP contribution is -2.35. The second kappa shape index (κ2) is 8.55. The van der Waals surface area contributed by atoms with Crippen molar-refractivity contribution < 1.29 is 19.4 Å². The molecule has 7 nitrogen and oxygen atoms in total. The minimum absolute atomic E-state index is 0.0857. The highest BCUT2D eigenvalue weighted by Gasteiger charge is 2.11. The number of hydrogen-bond donors (Lipinski definition) is 2. The monoisotopic (exact) mass is 355 g/mol. The van der Waals surface area contributed by atoms with Crippen LogP contribution < -0.4 is 5.32 Å². The van der Waals surface area contributed by atoms with Crippen molar-refractivity contribution in [1.29, 1.82) is 0 Å². The van der Waals surface area contributed by atoms with Crippen molar-refractivity contribution >= 4 is 11.9 Å². The van der Waals surface area contributed by atoms with Crippen LogP contribution in [0.5, 0.6) is 0 Å². The largest absolute Gasteiger partial charge is 0.477 e. The van der Waals surface area contributed by atoms with Gasteiger partial charge in [0.25, 0.3) is 5.91 Å². The van der Waals surface area contributed by atoms with Crippen molar-refractivity contribution in [3.8, 4) is 0 Å². The zero-order valence-electron chi connectivity index (χ0n) is 14.4. The van der Waals surface area contributed by atoms with Crippen LogP contribution in [0.3, 0.4) is 0 Å². The summed E-state index contributed by atoms with van der Waals surface area (Å²) in [6.45, 7) is 4.77. The molecule has 1 fully saturated rings. The van der Waals surface area contributed by atoms with Crippen molar-refractivity contribution in [2.75, 3.05) is 26.3 Å². The Hall–Kier alpha value is -2.77. The zero-order chi connectivity index (χ0) is 18.4. The van der Waals surface area contributed by atoms with Gasteiger partial charge in [0, 0.05) is 32.4 Å². The number of carbonyl (C=O) groups is 2. The van der Waals surface area contributed by atoms with E-state index in [4.69, 9.17) is 9.84 Å². The van der Waals surface area contributed by atoms with E-state index in [2.05, 4.69) is 27.3 Å². The van der Waals surface area contributed by atoms with Gasteiger partial charge in [-0.1, -0.05) is 24.3 Å². The molecule has 7 heteroatoms. The first kappa shape index (κ1) is 18.0. The van der Waals surface area contributed by atoms with Gasteiger partial charge in [-0.2, -0.15) is 0 Å². The van der Waals surface area contributed by atoms with E-state index in [0.717, 1.165) is 38.4 Å².